The number of benzene rings is 1. The lowest BCUT2D eigenvalue weighted by molar-refractivity contribution is -0.0515. The van der Waals surface area contributed by atoms with Crippen LogP contribution in [0.2, 0.25) is 0 Å². The summed E-state index contributed by atoms with van der Waals surface area (Å²) in [4.78, 5) is 34.3. The Morgan fingerprint density at radius 2 is 1.95 bits per heavy atom. The first kappa shape index (κ1) is 29.6. The van der Waals surface area contributed by atoms with E-state index in [-0.39, 0.29) is 40.8 Å². The Kier molecular flexibility index (Phi) is 8.86. The summed E-state index contributed by atoms with van der Waals surface area (Å²) < 4.78 is 47.9. The van der Waals surface area contributed by atoms with Gasteiger partial charge in [-0.1, -0.05) is 0 Å². The lowest BCUT2D eigenvalue weighted by Crippen LogP contribution is -2.52. The average molecular weight is 564 g/mol. The maximum absolute atomic E-state index is 13.7. The molecule has 219 valence electrons. The highest BCUT2D eigenvalue weighted by molar-refractivity contribution is 5.94. The highest BCUT2D eigenvalue weighted by Gasteiger charge is 2.34. The topological polar surface area (TPSA) is 106 Å². The van der Waals surface area contributed by atoms with Gasteiger partial charge < -0.3 is 28.8 Å². The standard InChI is InChI=1S/C28H37F2N4O6/c1-16-14-33(6)11-12-34(16)25(35)22-23(17(2)31-27(36)40-28(3,4)5)39-24(32-22)19-9-10-20(38-26(29)30)21(13-19)37-15-18-7-8-18/h9-10,13,16-18,26H,6-8,11-12,14-15H2,1-5H3,(H,31,36)/t16?,17-/m0/s1. The van der Waals surface area contributed by atoms with Crippen LogP contribution >= 0.6 is 0 Å². The van der Waals surface area contributed by atoms with Crippen molar-refractivity contribution < 1.29 is 37.0 Å². The molecule has 2 fully saturated rings. The number of hydrogen-bond acceptors (Lipinski definition) is 8. The van der Waals surface area contributed by atoms with Gasteiger partial charge in [-0.3, -0.25) is 9.69 Å². The van der Waals surface area contributed by atoms with Crippen LogP contribution in [0.3, 0.4) is 0 Å². The van der Waals surface area contributed by atoms with Crippen molar-refractivity contribution in [2.75, 3.05) is 26.2 Å². The van der Waals surface area contributed by atoms with E-state index in [0.717, 1.165) is 12.8 Å². The maximum Gasteiger partial charge on any atom is 0.408 e. The van der Waals surface area contributed by atoms with E-state index in [1.807, 2.05) is 11.8 Å². The largest absolute Gasteiger partial charge is 0.489 e. The highest BCUT2D eigenvalue weighted by atomic mass is 19.3. The molecule has 1 saturated heterocycles. The number of aromatic nitrogens is 1. The molecule has 1 aromatic carbocycles. The zero-order chi connectivity index (χ0) is 29.2. The van der Waals surface area contributed by atoms with Crippen molar-refractivity contribution >= 4 is 12.0 Å². The van der Waals surface area contributed by atoms with Crippen molar-refractivity contribution in [3.05, 3.63) is 36.7 Å². The van der Waals surface area contributed by atoms with Crippen molar-refractivity contribution in [2.24, 2.45) is 5.92 Å². The van der Waals surface area contributed by atoms with Gasteiger partial charge in [0.2, 0.25) is 5.89 Å². The molecule has 2 atom stereocenters. The molecular weight excluding hydrogens is 526 g/mol. The summed E-state index contributed by atoms with van der Waals surface area (Å²) in [6.45, 7) is 7.78. The van der Waals surface area contributed by atoms with Gasteiger partial charge in [0.15, 0.2) is 23.0 Å². The maximum atomic E-state index is 13.7. The molecule has 1 saturated carbocycles. The van der Waals surface area contributed by atoms with Gasteiger partial charge in [0.1, 0.15) is 5.60 Å². The van der Waals surface area contributed by atoms with Crippen LogP contribution in [0.25, 0.3) is 11.5 Å². The third kappa shape index (κ3) is 7.61. The van der Waals surface area contributed by atoms with Gasteiger partial charge >= 0.3 is 12.7 Å². The summed E-state index contributed by atoms with van der Waals surface area (Å²) in [6.07, 6.45) is 1.35. The Labute approximate surface area is 232 Å². The summed E-state index contributed by atoms with van der Waals surface area (Å²) in [6, 6.07) is 3.45. The van der Waals surface area contributed by atoms with Gasteiger partial charge in [-0.05, 0) is 71.6 Å². The predicted molar refractivity (Wildman–Crippen MR) is 142 cm³/mol. The molecule has 1 aromatic heterocycles. The number of alkyl halides is 2. The van der Waals surface area contributed by atoms with E-state index >= 15 is 0 Å². The van der Waals surface area contributed by atoms with Crippen LogP contribution in [0, 0.1) is 13.0 Å². The molecule has 40 heavy (non-hydrogen) atoms. The molecule has 4 rings (SSSR count). The fourth-order valence-electron chi connectivity index (χ4n) is 4.36. The fourth-order valence-corrected chi connectivity index (χ4v) is 4.36. The molecule has 2 heterocycles. The molecule has 1 aliphatic carbocycles. The lowest BCUT2D eigenvalue weighted by Gasteiger charge is -2.37. The van der Waals surface area contributed by atoms with E-state index in [0.29, 0.717) is 37.7 Å². The third-order valence-corrected chi connectivity index (χ3v) is 6.53. The number of amides is 2. The number of carbonyl (C=O) groups excluding carboxylic acids is 2. The summed E-state index contributed by atoms with van der Waals surface area (Å²) in [5.74, 6) is 0.246. The SMILES string of the molecule is [CH2]N1CCN(C(=O)c2nc(-c3ccc(OC(F)F)c(OCC4CC4)c3)oc2[C@H](C)NC(=O)OC(C)(C)C)C(C)C1. The number of carbonyl (C=O) groups is 2. The molecule has 0 spiro atoms. The summed E-state index contributed by atoms with van der Waals surface area (Å²) in [7, 11) is 3.96. The first-order valence-electron chi connectivity index (χ1n) is 13.4. The number of alkyl carbamates (subject to hydrolysis) is 1. The summed E-state index contributed by atoms with van der Waals surface area (Å²) in [5.41, 5.74) is -0.291. The fraction of sp³-hybridized carbons (Fsp3) is 0.571. The third-order valence-electron chi connectivity index (χ3n) is 6.53. The van der Waals surface area contributed by atoms with Gasteiger partial charge in [-0.15, -0.1) is 0 Å². The molecule has 2 aliphatic rings. The van der Waals surface area contributed by atoms with E-state index in [2.05, 4.69) is 22.1 Å². The minimum absolute atomic E-state index is 0.0382. The number of ether oxygens (including phenoxy) is 3. The average Bonchev–Trinajstić information content (AvgIpc) is 3.56. The normalized spacial score (nSPS) is 18.9. The second-order valence-corrected chi connectivity index (χ2v) is 11.3. The molecular formula is C28H37F2N4O6. The number of rotatable bonds is 9. The Hall–Kier alpha value is -3.41. The van der Waals surface area contributed by atoms with E-state index in [1.165, 1.54) is 18.2 Å². The van der Waals surface area contributed by atoms with Crippen LogP contribution in [0.5, 0.6) is 11.5 Å². The van der Waals surface area contributed by atoms with Gasteiger partial charge in [0.05, 0.1) is 12.6 Å². The summed E-state index contributed by atoms with van der Waals surface area (Å²) in [5, 5.41) is 2.70. The minimum atomic E-state index is -3.02. The van der Waals surface area contributed by atoms with Crippen molar-refractivity contribution in [3.63, 3.8) is 0 Å². The summed E-state index contributed by atoms with van der Waals surface area (Å²) >= 11 is 0. The van der Waals surface area contributed by atoms with Gasteiger partial charge in [0.25, 0.3) is 5.91 Å². The number of nitrogens with one attached hydrogen (secondary N) is 1. The molecule has 1 aliphatic heterocycles. The van der Waals surface area contributed by atoms with Crippen LogP contribution in [0.15, 0.2) is 22.6 Å². The molecule has 1 unspecified atom stereocenters. The monoisotopic (exact) mass is 563 g/mol. The van der Waals surface area contributed by atoms with E-state index in [4.69, 9.17) is 13.9 Å². The Morgan fingerprint density at radius 3 is 2.58 bits per heavy atom. The van der Waals surface area contributed by atoms with Crippen LogP contribution in [0.1, 0.15) is 69.8 Å². The van der Waals surface area contributed by atoms with Crippen LogP contribution in [-0.4, -0.2) is 71.3 Å². The zero-order valence-electron chi connectivity index (χ0n) is 23.5. The van der Waals surface area contributed by atoms with Crippen molar-refractivity contribution in [1.82, 2.24) is 20.1 Å². The molecule has 12 heteroatoms. The van der Waals surface area contributed by atoms with E-state index in [1.54, 1.807) is 32.6 Å². The highest BCUT2D eigenvalue weighted by Crippen LogP contribution is 2.37. The number of hydrogen-bond donors (Lipinski definition) is 1. The number of halogens is 2. The van der Waals surface area contributed by atoms with Gasteiger partial charge in [0, 0.05) is 38.3 Å². The van der Waals surface area contributed by atoms with Gasteiger partial charge in [-0.2, -0.15) is 8.78 Å². The molecule has 1 radical (unpaired) electrons. The van der Waals surface area contributed by atoms with E-state index < -0.39 is 24.3 Å². The molecule has 10 nitrogen and oxygen atoms in total. The first-order valence-corrected chi connectivity index (χ1v) is 13.4. The minimum Gasteiger partial charge on any atom is -0.489 e. The molecule has 2 aromatic rings. The second-order valence-electron chi connectivity index (χ2n) is 11.3. The predicted octanol–water partition coefficient (Wildman–Crippen LogP) is 5.26. The number of oxazole rings is 1. The van der Waals surface area contributed by atoms with Crippen LogP contribution in [-0.2, 0) is 4.74 Å². The molecule has 2 amide bonds. The molecule has 1 N–H and O–H groups in total. The van der Waals surface area contributed by atoms with Crippen molar-refractivity contribution in [3.8, 4) is 23.0 Å². The lowest BCUT2D eigenvalue weighted by atomic mass is 10.1. The van der Waals surface area contributed by atoms with E-state index in [9.17, 15) is 18.4 Å². The van der Waals surface area contributed by atoms with Gasteiger partial charge in [-0.25, -0.2) is 9.78 Å². The van der Waals surface area contributed by atoms with Crippen molar-refractivity contribution in [1.29, 1.82) is 0 Å². The van der Waals surface area contributed by atoms with Crippen molar-refractivity contribution in [2.45, 2.75) is 71.8 Å². The van der Waals surface area contributed by atoms with Crippen LogP contribution in [0.4, 0.5) is 13.6 Å². The number of nitrogens with zero attached hydrogens (tertiary/aromatic N) is 3. The Morgan fingerprint density at radius 1 is 1.23 bits per heavy atom. The quantitative estimate of drug-likeness (QED) is 0.441. The number of piperazine rings is 1. The Bertz CT molecular complexity index is 1210. The second kappa shape index (κ2) is 12.0. The van der Waals surface area contributed by atoms with Crippen LogP contribution < -0.4 is 14.8 Å². The first-order chi connectivity index (χ1) is 18.8. The zero-order valence-corrected chi connectivity index (χ0v) is 23.5. The molecule has 0 bridgehead atoms. The Balaban J connectivity index is 1.68. The smallest absolute Gasteiger partial charge is 0.408 e.